The van der Waals surface area contributed by atoms with Gasteiger partial charge < -0.3 is 0 Å². The molecule has 13 heteroatoms. The summed E-state index contributed by atoms with van der Waals surface area (Å²) in [4.78, 5) is 47.2. The van der Waals surface area contributed by atoms with Crippen LogP contribution in [0, 0.1) is 0 Å². The topological polar surface area (TPSA) is 113 Å². The van der Waals surface area contributed by atoms with Crippen LogP contribution in [-0.2, 0) is 4.79 Å². The molecule has 36 heavy (non-hydrogen) atoms. The van der Waals surface area contributed by atoms with E-state index in [0.717, 1.165) is 12.7 Å². The third-order valence-corrected chi connectivity index (χ3v) is 6.44. The molecule has 0 radical (unpaired) electrons. The van der Waals surface area contributed by atoms with Gasteiger partial charge in [-0.05, 0) is 24.3 Å². The minimum atomic E-state index is -1.28. The lowest BCUT2D eigenvalue weighted by molar-refractivity contribution is -0.123. The van der Waals surface area contributed by atoms with Gasteiger partial charge in [-0.25, -0.2) is 19.3 Å². The largest absolute Gasteiger partial charge is 0.294 e. The molecule has 0 aliphatic rings. The smallest absolute Gasteiger partial charge is 0.196 e. The third-order valence-electron chi connectivity index (χ3n) is 5.32. The van der Waals surface area contributed by atoms with E-state index >= 15 is 0 Å². The van der Waals surface area contributed by atoms with Gasteiger partial charge in [0.25, 0.3) is 0 Å². The molecule has 2 unspecified atom stereocenters. The highest BCUT2D eigenvalue weighted by atomic mass is 35.5. The van der Waals surface area contributed by atoms with E-state index in [1.807, 2.05) is 0 Å². The van der Waals surface area contributed by atoms with Crippen LogP contribution < -0.4 is 0 Å². The first-order valence-electron chi connectivity index (χ1n) is 10.3. The van der Waals surface area contributed by atoms with Gasteiger partial charge in [-0.1, -0.05) is 58.5 Å². The summed E-state index contributed by atoms with van der Waals surface area (Å²) in [6.45, 7) is 2.59. The van der Waals surface area contributed by atoms with Gasteiger partial charge >= 0.3 is 0 Å². The Hall–Kier alpha value is -3.11. The number of hydrogen-bond donors (Lipinski definition) is 0. The number of hydrogen-bond acceptors (Lipinski definition) is 7. The molecule has 4 aromatic rings. The lowest BCUT2D eigenvalue weighted by Crippen LogP contribution is -2.34. The maximum absolute atomic E-state index is 14.5. The summed E-state index contributed by atoms with van der Waals surface area (Å²) in [6.07, 6.45) is 2.31. The lowest BCUT2D eigenvalue weighted by atomic mass is 9.92. The Morgan fingerprint density at radius 1 is 0.694 bits per heavy atom. The highest BCUT2D eigenvalue weighted by molar-refractivity contribution is 6.36. The molecule has 0 fully saturated rings. The average Bonchev–Trinajstić information content (AvgIpc) is 3.47. The molecule has 2 aromatic heterocycles. The second-order valence-electron chi connectivity index (χ2n) is 7.71. The Morgan fingerprint density at radius 2 is 1.08 bits per heavy atom. The zero-order valence-electron chi connectivity index (χ0n) is 18.7. The van der Waals surface area contributed by atoms with Gasteiger partial charge in [0.1, 0.15) is 24.7 Å². The number of carbonyl (C=O) groups is 3. The second kappa shape index (κ2) is 10.5. The zero-order chi connectivity index (χ0) is 26.1. The molecule has 9 nitrogen and oxygen atoms in total. The standard InChI is InChI=1S/C23H16Cl4N6O3/c1-11(34)22-28-9-30-32(22)19(15-5-3-13(24)7-17(15)26)21(36)20(16-6-4-14(25)8-18(16)27)33-23(12(2)35)29-10-31-33/h3-10,19-20H,1-2H3. The zero-order valence-corrected chi connectivity index (χ0v) is 21.7. The Bertz CT molecular complexity index is 1390. The number of Topliss-reactive ketones (excluding diaryl/α,β-unsaturated/α-hetero) is 3. The predicted octanol–water partition coefficient (Wildman–Crippen LogP) is 5.34. The minimum absolute atomic E-state index is 0.0781. The molecule has 4 rings (SSSR count). The first-order valence-corrected chi connectivity index (χ1v) is 11.9. The van der Waals surface area contributed by atoms with Crippen LogP contribution in [0.2, 0.25) is 20.1 Å². The molecule has 2 aromatic carbocycles. The molecule has 0 saturated carbocycles. The molecule has 0 aliphatic carbocycles. The van der Waals surface area contributed by atoms with Crippen molar-refractivity contribution in [2.24, 2.45) is 0 Å². The number of halogens is 4. The van der Waals surface area contributed by atoms with Crippen molar-refractivity contribution < 1.29 is 14.4 Å². The van der Waals surface area contributed by atoms with E-state index in [1.165, 1.54) is 35.3 Å². The highest BCUT2D eigenvalue weighted by Gasteiger charge is 2.38. The summed E-state index contributed by atoms with van der Waals surface area (Å²) in [5.41, 5.74) is 0.581. The van der Waals surface area contributed by atoms with Crippen LogP contribution in [-0.4, -0.2) is 46.9 Å². The van der Waals surface area contributed by atoms with E-state index in [1.54, 1.807) is 24.3 Å². The molecule has 0 bridgehead atoms. The molecule has 2 heterocycles. The number of benzene rings is 2. The van der Waals surface area contributed by atoms with Crippen LogP contribution in [0.3, 0.4) is 0 Å². The minimum Gasteiger partial charge on any atom is -0.294 e. The summed E-state index contributed by atoms with van der Waals surface area (Å²) < 4.78 is 2.34. The van der Waals surface area contributed by atoms with Crippen LogP contribution in [0.4, 0.5) is 0 Å². The van der Waals surface area contributed by atoms with E-state index in [2.05, 4.69) is 20.2 Å². The summed E-state index contributed by atoms with van der Waals surface area (Å²) >= 11 is 25.2. The maximum atomic E-state index is 14.5. The Balaban J connectivity index is 2.01. The van der Waals surface area contributed by atoms with E-state index in [0.29, 0.717) is 21.2 Å². The van der Waals surface area contributed by atoms with Crippen LogP contribution in [0.15, 0.2) is 49.1 Å². The van der Waals surface area contributed by atoms with Crippen LogP contribution in [0.25, 0.3) is 0 Å². The summed E-state index contributed by atoms with van der Waals surface area (Å²) in [5, 5.41) is 9.29. The molecule has 184 valence electrons. The van der Waals surface area contributed by atoms with Crippen LogP contribution in [0.1, 0.15) is 58.3 Å². The van der Waals surface area contributed by atoms with Gasteiger partial charge in [-0.2, -0.15) is 10.2 Å². The lowest BCUT2D eigenvalue weighted by Gasteiger charge is -2.26. The van der Waals surface area contributed by atoms with Crippen molar-refractivity contribution in [1.82, 2.24) is 29.5 Å². The quantitative estimate of drug-likeness (QED) is 0.265. The van der Waals surface area contributed by atoms with E-state index in [4.69, 9.17) is 46.4 Å². The van der Waals surface area contributed by atoms with Crippen molar-refractivity contribution in [3.05, 3.63) is 91.9 Å². The predicted molar refractivity (Wildman–Crippen MR) is 134 cm³/mol. The summed E-state index contributed by atoms with van der Waals surface area (Å²) in [5.74, 6) is -1.59. The number of aromatic nitrogens is 6. The maximum Gasteiger partial charge on any atom is 0.196 e. The van der Waals surface area contributed by atoms with Crippen molar-refractivity contribution in [3.63, 3.8) is 0 Å². The fourth-order valence-corrected chi connectivity index (χ4v) is 4.81. The summed E-state index contributed by atoms with van der Waals surface area (Å²) in [7, 11) is 0. The second-order valence-corrected chi connectivity index (χ2v) is 9.40. The van der Waals surface area contributed by atoms with Crippen molar-refractivity contribution in [3.8, 4) is 0 Å². The molecule has 0 N–H and O–H groups in total. The number of carbonyl (C=O) groups excluding carboxylic acids is 3. The summed E-state index contributed by atoms with van der Waals surface area (Å²) in [6, 6.07) is 6.56. The number of nitrogens with zero attached hydrogens (tertiary/aromatic N) is 6. The van der Waals surface area contributed by atoms with Gasteiger partial charge in [0.2, 0.25) is 0 Å². The molecule has 0 amide bonds. The van der Waals surface area contributed by atoms with Gasteiger partial charge in [-0.15, -0.1) is 0 Å². The molecule has 0 spiro atoms. The number of rotatable bonds is 8. The molecule has 2 atom stereocenters. The van der Waals surface area contributed by atoms with E-state index < -0.39 is 29.4 Å². The normalized spacial score (nSPS) is 12.8. The van der Waals surface area contributed by atoms with Gasteiger partial charge in [0.15, 0.2) is 29.0 Å². The molecule has 0 saturated heterocycles. The van der Waals surface area contributed by atoms with Gasteiger partial charge in [-0.3, -0.25) is 14.4 Å². The monoisotopic (exact) mass is 564 g/mol. The molecule has 0 aliphatic heterocycles. The first-order chi connectivity index (χ1) is 17.1. The highest BCUT2D eigenvalue weighted by Crippen LogP contribution is 2.37. The van der Waals surface area contributed by atoms with Crippen LogP contribution >= 0.6 is 46.4 Å². The van der Waals surface area contributed by atoms with Crippen molar-refractivity contribution in [1.29, 1.82) is 0 Å². The van der Waals surface area contributed by atoms with Gasteiger partial charge in [0.05, 0.1) is 0 Å². The third kappa shape index (κ3) is 4.92. The van der Waals surface area contributed by atoms with Crippen molar-refractivity contribution in [2.45, 2.75) is 25.9 Å². The Kier molecular flexibility index (Phi) is 7.56. The Morgan fingerprint density at radius 3 is 1.42 bits per heavy atom. The Labute approximate surface area is 225 Å². The van der Waals surface area contributed by atoms with E-state index in [9.17, 15) is 14.4 Å². The fourth-order valence-electron chi connectivity index (χ4n) is 3.79. The number of ketones is 3. The fraction of sp³-hybridized carbons (Fsp3) is 0.174. The van der Waals surface area contributed by atoms with Gasteiger partial charge in [0, 0.05) is 45.1 Å². The van der Waals surface area contributed by atoms with Crippen LogP contribution in [0.5, 0.6) is 0 Å². The first kappa shape index (κ1) is 26.0. The van der Waals surface area contributed by atoms with E-state index in [-0.39, 0.29) is 21.7 Å². The molecular weight excluding hydrogens is 550 g/mol. The van der Waals surface area contributed by atoms with Crippen molar-refractivity contribution >= 4 is 63.8 Å². The van der Waals surface area contributed by atoms with Crippen molar-refractivity contribution in [2.75, 3.05) is 0 Å². The SMILES string of the molecule is CC(=O)c1ncnn1C(C(=O)C(c1ccc(Cl)cc1Cl)n1ncnc1C(C)=O)c1ccc(Cl)cc1Cl. The average molecular weight is 566 g/mol. The molecular formula is C23H16Cl4N6O3.